The summed E-state index contributed by atoms with van der Waals surface area (Å²) < 4.78 is 5.34. The lowest BCUT2D eigenvalue weighted by molar-refractivity contribution is -0.138. The third-order valence-electron chi connectivity index (χ3n) is 2.74. The minimum atomic E-state index is -0.814. The second-order valence-electron chi connectivity index (χ2n) is 4.20. The van der Waals surface area contributed by atoms with Gasteiger partial charge in [-0.3, -0.25) is 4.79 Å². The van der Waals surface area contributed by atoms with Gasteiger partial charge >= 0.3 is 5.97 Å². The maximum Gasteiger partial charge on any atom is 0.312 e. The number of carbonyl (C=O) groups is 1. The molecule has 1 aromatic carbocycles. The van der Waals surface area contributed by atoms with Crippen LogP contribution in [0.4, 0.5) is 0 Å². The summed E-state index contributed by atoms with van der Waals surface area (Å²) in [5, 5.41) is 12.3. The van der Waals surface area contributed by atoms with Crippen LogP contribution >= 0.6 is 0 Å². The van der Waals surface area contributed by atoms with E-state index in [4.69, 9.17) is 4.74 Å². The van der Waals surface area contributed by atoms with E-state index in [0.717, 1.165) is 12.0 Å². The van der Waals surface area contributed by atoms with E-state index in [-0.39, 0.29) is 0 Å². The Morgan fingerprint density at radius 1 is 1.37 bits per heavy atom. The normalized spacial score (nSPS) is 12.0. The summed E-state index contributed by atoms with van der Waals surface area (Å²) >= 11 is 0. The van der Waals surface area contributed by atoms with E-state index in [2.05, 4.69) is 11.9 Å². The van der Waals surface area contributed by atoms with E-state index < -0.39 is 11.9 Å². The molecule has 0 aliphatic heterocycles. The molecule has 0 spiro atoms. The van der Waals surface area contributed by atoms with Crippen molar-refractivity contribution in [3.63, 3.8) is 0 Å². The first-order chi connectivity index (χ1) is 9.25. The Morgan fingerprint density at radius 2 is 2.11 bits per heavy atom. The van der Waals surface area contributed by atoms with Crippen LogP contribution in [0.25, 0.3) is 0 Å². The van der Waals surface area contributed by atoms with Crippen LogP contribution in [0.2, 0.25) is 0 Å². The van der Waals surface area contributed by atoms with Gasteiger partial charge in [0.25, 0.3) is 0 Å². The molecular formula is C15H21NO3. The van der Waals surface area contributed by atoms with Gasteiger partial charge in [-0.1, -0.05) is 36.4 Å². The summed E-state index contributed by atoms with van der Waals surface area (Å²) in [7, 11) is 0. The van der Waals surface area contributed by atoms with Gasteiger partial charge in [0.1, 0.15) is 0 Å². The maximum absolute atomic E-state index is 11.2. The molecule has 0 aliphatic carbocycles. The molecule has 0 saturated carbocycles. The van der Waals surface area contributed by atoms with Crippen molar-refractivity contribution in [3.05, 3.63) is 48.6 Å². The maximum atomic E-state index is 11.2. The average Bonchev–Trinajstić information content (AvgIpc) is 2.42. The Morgan fingerprint density at radius 3 is 2.74 bits per heavy atom. The summed E-state index contributed by atoms with van der Waals surface area (Å²) in [6.07, 6.45) is 2.64. The zero-order chi connectivity index (χ0) is 13.9. The number of hydrogen-bond acceptors (Lipinski definition) is 3. The monoisotopic (exact) mass is 263 g/mol. The highest BCUT2D eigenvalue weighted by molar-refractivity contribution is 5.76. The topological polar surface area (TPSA) is 58.6 Å². The highest BCUT2D eigenvalue weighted by atomic mass is 16.5. The predicted molar refractivity (Wildman–Crippen MR) is 75.3 cm³/mol. The Kier molecular flexibility index (Phi) is 7.54. The number of rotatable bonds is 10. The van der Waals surface area contributed by atoms with E-state index in [1.165, 1.54) is 0 Å². The molecule has 4 nitrogen and oxygen atoms in total. The zero-order valence-electron chi connectivity index (χ0n) is 11.0. The Balaban J connectivity index is 2.28. The molecule has 1 unspecified atom stereocenters. The van der Waals surface area contributed by atoms with Gasteiger partial charge in [-0.15, -0.1) is 6.58 Å². The first-order valence-electron chi connectivity index (χ1n) is 6.42. The summed E-state index contributed by atoms with van der Waals surface area (Å²) in [5.41, 5.74) is 0.815. The molecule has 0 bridgehead atoms. The molecular weight excluding hydrogens is 242 g/mol. The van der Waals surface area contributed by atoms with E-state index in [0.29, 0.717) is 26.3 Å². The van der Waals surface area contributed by atoms with Gasteiger partial charge in [0.2, 0.25) is 0 Å². The van der Waals surface area contributed by atoms with Crippen LogP contribution in [0.15, 0.2) is 43.0 Å². The molecule has 0 saturated heterocycles. The number of nitrogens with one attached hydrogen (secondary N) is 1. The zero-order valence-corrected chi connectivity index (χ0v) is 11.0. The molecule has 0 fully saturated rings. The minimum Gasteiger partial charge on any atom is -0.481 e. The first-order valence-corrected chi connectivity index (χ1v) is 6.42. The smallest absolute Gasteiger partial charge is 0.312 e. The number of aliphatic carboxylic acids is 1. The van der Waals surface area contributed by atoms with Gasteiger partial charge in [0.15, 0.2) is 0 Å². The fraction of sp³-hybridized carbons (Fsp3) is 0.400. The van der Waals surface area contributed by atoms with Crippen molar-refractivity contribution in [1.82, 2.24) is 5.32 Å². The fourth-order valence-electron chi connectivity index (χ4n) is 1.69. The van der Waals surface area contributed by atoms with Crippen molar-refractivity contribution in [3.8, 4) is 0 Å². The predicted octanol–water partition coefficient (Wildman–Crippen LogP) is 2.04. The standard InChI is InChI=1S/C15H21NO3/c1-2-3-10-19-11-9-16-12-14(15(17)18)13-7-5-4-6-8-13/h2,4-8,14,16H,1,3,9-12H2,(H,17,18). The number of benzene rings is 1. The van der Waals surface area contributed by atoms with Crippen LogP contribution in [0.3, 0.4) is 0 Å². The quantitative estimate of drug-likeness (QED) is 0.501. The molecule has 1 rings (SSSR count). The molecule has 0 aromatic heterocycles. The van der Waals surface area contributed by atoms with Gasteiger partial charge < -0.3 is 15.2 Å². The molecule has 0 amide bonds. The molecule has 104 valence electrons. The van der Waals surface area contributed by atoms with Gasteiger partial charge in [0.05, 0.1) is 19.1 Å². The van der Waals surface area contributed by atoms with E-state index in [1.807, 2.05) is 36.4 Å². The number of carboxylic acids is 1. The van der Waals surface area contributed by atoms with Crippen molar-refractivity contribution >= 4 is 5.97 Å². The van der Waals surface area contributed by atoms with Crippen molar-refractivity contribution in [1.29, 1.82) is 0 Å². The third kappa shape index (κ3) is 6.18. The van der Waals surface area contributed by atoms with Gasteiger partial charge in [-0.25, -0.2) is 0 Å². The first kappa shape index (κ1) is 15.4. The number of ether oxygens (including phenoxy) is 1. The summed E-state index contributed by atoms with van der Waals surface area (Å²) in [6, 6.07) is 9.25. The summed E-state index contributed by atoms with van der Waals surface area (Å²) in [5.74, 6) is -1.33. The molecule has 0 heterocycles. The van der Waals surface area contributed by atoms with Crippen molar-refractivity contribution in [2.75, 3.05) is 26.3 Å². The second-order valence-corrected chi connectivity index (χ2v) is 4.20. The van der Waals surface area contributed by atoms with Crippen molar-refractivity contribution < 1.29 is 14.6 Å². The second kappa shape index (κ2) is 9.30. The van der Waals surface area contributed by atoms with Crippen LogP contribution in [0.1, 0.15) is 17.9 Å². The van der Waals surface area contributed by atoms with Crippen LogP contribution in [-0.2, 0) is 9.53 Å². The van der Waals surface area contributed by atoms with Gasteiger partial charge in [0, 0.05) is 13.1 Å². The van der Waals surface area contributed by atoms with Crippen LogP contribution < -0.4 is 5.32 Å². The lowest BCUT2D eigenvalue weighted by Gasteiger charge is -2.13. The van der Waals surface area contributed by atoms with Gasteiger partial charge in [-0.2, -0.15) is 0 Å². The average molecular weight is 263 g/mol. The molecule has 1 atom stereocenters. The molecule has 19 heavy (non-hydrogen) atoms. The van der Waals surface area contributed by atoms with Crippen molar-refractivity contribution in [2.45, 2.75) is 12.3 Å². The Bertz CT molecular complexity index is 378. The molecule has 0 aliphatic rings. The third-order valence-corrected chi connectivity index (χ3v) is 2.74. The SMILES string of the molecule is C=CCCOCCNCC(C(=O)O)c1ccccc1. The van der Waals surface area contributed by atoms with E-state index >= 15 is 0 Å². The van der Waals surface area contributed by atoms with Crippen molar-refractivity contribution in [2.24, 2.45) is 0 Å². The summed E-state index contributed by atoms with van der Waals surface area (Å²) in [6.45, 7) is 5.90. The van der Waals surface area contributed by atoms with Crippen LogP contribution in [-0.4, -0.2) is 37.4 Å². The Labute approximate surface area is 114 Å². The molecule has 2 N–H and O–H groups in total. The Hall–Kier alpha value is -1.65. The van der Waals surface area contributed by atoms with Gasteiger partial charge in [-0.05, 0) is 12.0 Å². The lowest BCUT2D eigenvalue weighted by Crippen LogP contribution is -2.29. The molecule has 0 radical (unpaired) electrons. The highest BCUT2D eigenvalue weighted by Crippen LogP contribution is 2.14. The molecule has 4 heteroatoms. The number of hydrogen-bond donors (Lipinski definition) is 2. The lowest BCUT2D eigenvalue weighted by atomic mass is 9.99. The highest BCUT2D eigenvalue weighted by Gasteiger charge is 2.18. The fourth-order valence-corrected chi connectivity index (χ4v) is 1.69. The largest absolute Gasteiger partial charge is 0.481 e. The van der Waals surface area contributed by atoms with E-state index in [1.54, 1.807) is 0 Å². The summed E-state index contributed by atoms with van der Waals surface area (Å²) in [4.78, 5) is 11.2. The minimum absolute atomic E-state index is 0.407. The number of carboxylic acid groups (broad SMARTS) is 1. The van der Waals surface area contributed by atoms with Crippen LogP contribution in [0, 0.1) is 0 Å². The molecule has 1 aromatic rings. The van der Waals surface area contributed by atoms with E-state index in [9.17, 15) is 9.90 Å². The van der Waals surface area contributed by atoms with Crippen LogP contribution in [0.5, 0.6) is 0 Å².